The van der Waals surface area contributed by atoms with Gasteiger partial charge in [-0.2, -0.15) is 0 Å². The van der Waals surface area contributed by atoms with Crippen LogP contribution in [0.4, 0.5) is 17.1 Å². The number of fused-ring (bicyclic) bond motifs is 1. The van der Waals surface area contributed by atoms with Crippen LogP contribution >= 0.6 is 0 Å². The van der Waals surface area contributed by atoms with Crippen LogP contribution in [0.15, 0.2) is 72.8 Å². The van der Waals surface area contributed by atoms with Gasteiger partial charge in [0.15, 0.2) is 0 Å². The van der Waals surface area contributed by atoms with Gasteiger partial charge in [0.1, 0.15) is 0 Å². The average Bonchev–Trinajstić information content (AvgIpc) is 3.15. The lowest BCUT2D eigenvalue weighted by Gasteiger charge is -2.30. The zero-order valence-corrected chi connectivity index (χ0v) is 19.0. The van der Waals surface area contributed by atoms with Crippen molar-refractivity contribution in [2.24, 2.45) is 5.92 Å². The summed E-state index contributed by atoms with van der Waals surface area (Å²) in [7, 11) is 0. The Morgan fingerprint density at radius 2 is 1.76 bits per heavy atom. The van der Waals surface area contributed by atoms with Crippen molar-refractivity contribution in [1.29, 1.82) is 0 Å². The molecule has 0 radical (unpaired) electrons. The van der Waals surface area contributed by atoms with Crippen molar-refractivity contribution in [3.63, 3.8) is 0 Å². The first-order valence-corrected chi connectivity index (χ1v) is 11.7. The molecule has 3 aromatic carbocycles. The third-order valence-electron chi connectivity index (χ3n) is 6.61. The fraction of sp³-hybridized carbons (Fsp3) is 0.250. The second-order valence-electron chi connectivity index (χ2n) is 9.16. The molecule has 0 aliphatic carbocycles. The Bertz CT molecular complexity index is 1180. The quantitative estimate of drug-likeness (QED) is 0.367. The fourth-order valence-electron chi connectivity index (χ4n) is 4.63. The molecule has 33 heavy (non-hydrogen) atoms. The molecule has 0 aromatic heterocycles. The summed E-state index contributed by atoms with van der Waals surface area (Å²) in [6, 6.07) is 24.0. The zero-order chi connectivity index (χ0) is 22.8. The lowest BCUT2D eigenvalue weighted by atomic mass is 9.98. The number of amides is 1. The molecule has 1 saturated heterocycles. The molecule has 5 nitrogen and oxygen atoms in total. The predicted molar refractivity (Wildman–Crippen MR) is 136 cm³/mol. The van der Waals surface area contributed by atoms with E-state index in [1.54, 1.807) is 6.07 Å². The lowest BCUT2D eigenvalue weighted by molar-refractivity contribution is -0.110. The van der Waals surface area contributed by atoms with Gasteiger partial charge in [0.05, 0.1) is 11.3 Å². The van der Waals surface area contributed by atoms with Crippen LogP contribution in [0.25, 0.3) is 11.3 Å². The van der Waals surface area contributed by atoms with Gasteiger partial charge in [0.25, 0.3) is 5.91 Å². The Morgan fingerprint density at radius 3 is 2.48 bits per heavy atom. The van der Waals surface area contributed by atoms with Gasteiger partial charge in [-0.3, -0.25) is 9.69 Å². The van der Waals surface area contributed by atoms with E-state index in [-0.39, 0.29) is 5.91 Å². The number of rotatable bonds is 5. The van der Waals surface area contributed by atoms with Crippen LogP contribution in [0, 0.1) is 5.92 Å². The predicted octanol–water partition coefficient (Wildman–Crippen LogP) is 5.43. The Kier molecular flexibility index (Phi) is 5.88. The number of carbonyl (C=O) groups excluding carboxylic acids is 1. The third-order valence-corrected chi connectivity index (χ3v) is 6.61. The molecule has 2 heterocycles. The van der Waals surface area contributed by atoms with Crippen LogP contribution in [0.1, 0.15) is 36.5 Å². The maximum Gasteiger partial charge on any atom is 0.258 e. The minimum Gasteiger partial charge on any atom is -0.399 e. The van der Waals surface area contributed by atoms with Crippen molar-refractivity contribution in [3.8, 4) is 0 Å². The molecular formula is C28H30N4O. The zero-order valence-electron chi connectivity index (χ0n) is 19.0. The van der Waals surface area contributed by atoms with Crippen LogP contribution in [0.2, 0.25) is 0 Å². The van der Waals surface area contributed by atoms with Crippen molar-refractivity contribution in [2.75, 3.05) is 29.5 Å². The van der Waals surface area contributed by atoms with E-state index in [2.05, 4.69) is 46.7 Å². The lowest BCUT2D eigenvalue weighted by Crippen LogP contribution is -2.32. The highest BCUT2D eigenvalue weighted by Crippen LogP contribution is 2.38. The van der Waals surface area contributed by atoms with Gasteiger partial charge in [-0.05, 0) is 73.3 Å². The number of benzene rings is 3. The largest absolute Gasteiger partial charge is 0.399 e. The van der Waals surface area contributed by atoms with E-state index in [0.717, 1.165) is 40.7 Å². The molecule has 0 unspecified atom stereocenters. The Hall–Kier alpha value is -3.57. The summed E-state index contributed by atoms with van der Waals surface area (Å²) >= 11 is 0. The van der Waals surface area contributed by atoms with Gasteiger partial charge < -0.3 is 16.4 Å². The highest BCUT2D eigenvalue weighted by Gasteiger charge is 2.28. The van der Waals surface area contributed by atoms with Crippen molar-refractivity contribution in [3.05, 3.63) is 89.5 Å². The molecule has 5 heteroatoms. The molecule has 0 saturated carbocycles. The van der Waals surface area contributed by atoms with E-state index in [1.807, 2.05) is 42.5 Å². The van der Waals surface area contributed by atoms with Gasteiger partial charge in [-0.15, -0.1) is 0 Å². The molecule has 2 aliphatic heterocycles. The van der Waals surface area contributed by atoms with Gasteiger partial charge in [-0.25, -0.2) is 0 Å². The number of likely N-dealkylation sites (tertiary alicyclic amines) is 1. The van der Waals surface area contributed by atoms with E-state index < -0.39 is 0 Å². The summed E-state index contributed by atoms with van der Waals surface area (Å²) in [6.45, 7) is 5.66. The molecule has 5 rings (SSSR count). The number of nitrogen functional groups attached to an aromatic ring is 1. The number of hydrogen-bond donors (Lipinski definition) is 3. The first-order chi connectivity index (χ1) is 16.1. The smallest absolute Gasteiger partial charge is 0.258 e. The van der Waals surface area contributed by atoms with Crippen LogP contribution in [-0.2, 0) is 11.3 Å². The number of anilines is 3. The summed E-state index contributed by atoms with van der Waals surface area (Å²) < 4.78 is 0. The number of hydrogen-bond acceptors (Lipinski definition) is 4. The molecule has 2 aliphatic rings. The second-order valence-corrected chi connectivity index (χ2v) is 9.16. The normalized spacial score (nSPS) is 18.0. The van der Waals surface area contributed by atoms with Gasteiger partial charge in [0, 0.05) is 29.2 Å². The van der Waals surface area contributed by atoms with Gasteiger partial charge in [-0.1, -0.05) is 49.4 Å². The average molecular weight is 439 g/mol. The summed E-state index contributed by atoms with van der Waals surface area (Å²) in [5.74, 6) is 0.712. The number of carbonyl (C=O) groups is 1. The van der Waals surface area contributed by atoms with Crippen molar-refractivity contribution >= 4 is 34.2 Å². The van der Waals surface area contributed by atoms with E-state index in [1.165, 1.54) is 31.5 Å². The summed E-state index contributed by atoms with van der Waals surface area (Å²) in [5.41, 5.74) is 12.9. The number of piperidine rings is 1. The maximum absolute atomic E-state index is 13.0. The first-order valence-electron chi connectivity index (χ1n) is 11.7. The SMILES string of the molecule is CC1CCN(Cc2ccc(NC(=C3C(=O)Nc4ccc(N)cc43)c3ccccc3)cc2)CC1. The minimum atomic E-state index is -0.127. The number of nitrogens with one attached hydrogen (secondary N) is 2. The van der Waals surface area contributed by atoms with Gasteiger partial charge in [0.2, 0.25) is 0 Å². The first kappa shape index (κ1) is 21.3. The fourth-order valence-corrected chi connectivity index (χ4v) is 4.63. The number of nitrogens with zero attached hydrogens (tertiary/aromatic N) is 1. The van der Waals surface area contributed by atoms with E-state index in [0.29, 0.717) is 11.3 Å². The standard InChI is InChI=1S/C28H30N4O/c1-19-13-15-32(16-14-19)18-20-7-10-23(11-8-20)30-27(21-5-3-2-4-6-21)26-24-17-22(29)9-12-25(24)31-28(26)33/h2-12,17,19,30H,13-16,18,29H2,1H3,(H,31,33). The molecule has 0 spiro atoms. The molecule has 0 bridgehead atoms. The Morgan fingerprint density at radius 1 is 1.03 bits per heavy atom. The van der Waals surface area contributed by atoms with Crippen LogP contribution < -0.4 is 16.4 Å². The molecule has 168 valence electrons. The molecule has 1 amide bonds. The van der Waals surface area contributed by atoms with E-state index in [4.69, 9.17) is 5.73 Å². The van der Waals surface area contributed by atoms with Crippen LogP contribution in [-0.4, -0.2) is 23.9 Å². The van der Waals surface area contributed by atoms with Gasteiger partial charge >= 0.3 is 0 Å². The number of nitrogens with two attached hydrogens (primary N) is 1. The molecule has 1 fully saturated rings. The molecular weight excluding hydrogens is 408 g/mol. The topological polar surface area (TPSA) is 70.4 Å². The minimum absolute atomic E-state index is 0.127. The Balaban J connectivity index is 1.44. The van der Waals surface area contributed by atoms with Crippen LogP contribution in [0.3, 0.4) is 0 Å². The monoisotopic (exact) mass is 438 g/mol. The van der Waals surface area contributed by atoms with Crippen molar-refractivity contribution < 1.29 is 4.79 Å². The highest BCUT2D eigenvalue weighted by atomic mass is 16.2. The summed E-state index contributed by atoms with van der Waals surface area (Å²) in [6.07, 6.45) is 2.56. The maximum atomic E-state index is 13.0. The molecule has 4 N–H and O–H groups in total. The Labute approximate surface area is 195 Å². The van der Waals surface area contributed by atoms with Crippen molar-refractivity contribution in [2.45, 2.75) is 26.3 Å². The highest BCUT2D eigenvalue weighted by molar-refractivity contribution is 6.37. The van der Waals surface area contributed by atoms with E-state index in [9.17, 15) is 4.79 Å². The molecule has 0 atom stereocenters. The van der Waals surface area contributed by atoms with E-state index >= 15 is 0 Å². The third kappa shape index (κ3) is 4.64. The summed E-state index contributed by atoms with van der Waals surface area (Å²) in [4.78, 5) is 15.5. The second kappa shape index (κ2) is 9.12. The van der Waals surface area contributed by atoms with Crippen molar-refractivity contribution in [1.82, 2.24) is 4.90 Å². The summed E-state index contributed by atoms with van der Waals surface area (Å²) in [5, 5.41) is 6.50. The molecule has 3 aromatic rings. The van der Waals surface area contributed by atoms with Crippen LogP contribution in [0.5, 0.6) is 0 Å².